The van der Waals surface area contributed by atoms with Crippen LogP contribution >= 0.6 is 11.6 Å². The van der Waals surface area contributed by atoms with Crippen molar-refractivity contribution in [2.45, 2.75) is 19.9 Å². The molecule has 120 valence electrons. The van der Waals surface area contributed by atoms with Crippen LogP contribution in [0.25, 0.3) is 0 Å². The summed E-state index contributed by atoms with van der Waals surface area (Å²) in [5.74, 6) is -0.537. The van der Waals surface area contributed by atoms with Gasteiger partial charge in [-0.1, -0.05) is 11.6 Å². The highest BCUT2D eigenvalue weighted by Crippen LogP contribution is 2.26. The lowest BCUT2D eigenvalue weighted by Gasteiger charge is -2.13. The van der Waals surface area contributed by atoms with E-state index >= 15 is 0 Å². The summed E-state index contributed by atoms with van der Waals surface area (Å²) < 4.78 is 0. The van der Waals surface area contributed by atoms with Crippen molar-refractivity contribution in [2.75, 3.05) is 17.2 Å². The quantitative estimate of drug-likeness (QED) is 0.689. The molecule has 0 saturated heterocycles. The number of hydrogen-bond donors (Lipinski definition) is 4. The summed E-state index contributed by atoms with van der Waals surface area (Å²) in [6.07, 6.45) is 0.814. The first kappa shape index (κ1) is 15.5. The Kier molecular flexibility index (Phi) is 4.31. The fourth-order valence-corrected chi connectivity index (χ4v) is 2.66. The van der Waals surface area contributed by atoms with Gasteiger partial charge in [0.2, 0.25) is 5.91 Å². The van der Waals surface area contributed by atoms with E-state index in [9.17, 15) is 9.59 Å². The van der Waals surface area contributed by atoms with Crippen molar-refractivity contribution in [1.29, 1.82) is 0 Å². The third kappa shape index (κ3) is 3.35. The Hall–Kier alpha value is -2.38. The zero-order valence-electron chi connectivity index (χ0n) is 12.5. The number of nitrogens with one attached hydrogen (secondary N) is 4. The number of carbonyl (C=O) groups is 2. The van der Waals surface area contributed by atoms with Crippen LogP contribution in [0.15, 0.2) is 18.2 Å². The molecule has 0 saturated carbocycles. The van der Waals surface area contributed by atoms with E-state index in [1.165, 1.54) is 6.92 Å². The highest BCUT2D eigenvalue weighted by molar-refractivity contribution is 6.34. The average molecular weight is 334 g/mol. The topological polar surface area (TPSA) is 98.9 Å². The number of fused-ring (bicyclic) bond motifs is 1. The number of H-pyrrole nitrogens is 1. The molecule has 0 fully saturated rings. The molecule has 1 aliphatic heterocycles. The second kappa shape index (κ2) is 6.39. The Bertz CT molecular complexity index is 771. The molecule has 2 heterocycles. The normalized spacial score (nSPS) is 13.3. The Balaban J connectivity index is 1.82. The summed E-state index contributed by atoms with van der Waals surface area (Å²) in [5, 5.41) is 16.0. The standard InChI is InChI=1S/C15H16ClN5O2/c1-8(22)18-9-2-3-11(16)13(6-9)19-15(23)14-10-7-17-5-4-12(10)20-21-14/h2-3,6,17H,4-5,7H2,1H3,(H,18,22)(H,19,23)(H,20,21). The van der Waals surface area contributed by atoms with Crippen LogP contribution in [0.2, 0.25) is 5.02 Å². The maximum absolute atomic E-state index is 12.5. The summed E-state index contributed by atoms with van der Waals surface area (Å²) in [6.45, 7) is 2.88. The van der Waals surface area contributed by atoms with Gasteiger partial charge < -0.3 is 16.0 Å². The lowest BCUT2D eigenvalue weighted by molar-refractivity contribution is -0.114. The summed E-state index contributed by atoms with van der Waals surface area (Å²) in [6, 6.07) is 4.89. The average Bonchev–Trinajstić information content (AvgIpc) is 2.94. The van der Waals surface area contributed by atoms with Crippen molar-refractivity contribution in [2.24, 2.45) is 0 Å². The molecule has 8 heteroatoms. The van der Waals surface area contributed by atoms with Crippen molar-refractivity contribution in [3.8, 4) is 0 Å². The number of rotatable bonds is 3. The Morgan fingerprint density at radius 3 is 2.91 bits per heavy atom. The molecule has 0 bridgehead atoms. The molecule has 0 unspecified atom stereocenters. The van der Waals surface area contributed by atoms with Crippen LogP contribution in [0, 0.1) is 0 Å². The number of amides is 2. The van der Waals surface area contributed by atoms with Gasteiger partial charge in [-0.25, -0.2) is 0 Å². The predicted octanol–water partition coefficient (Wildman–Crippen LogP) is 1.92. The molecule has 0 aliphatic carbocycles. The lowest BCUT2D eigenvalue weighted by Crippen LogP contribution is -2.25. The number of nitrogens with zero attached hydrogens (tertiary/aromatic N) is 1. The Labute approximate surface area is 137 Å². The summed E-state index contributed by atoms with van der Waals surface area (Å²) in [5.41, 5.74) is 3.19. The highest BCUT2D eigenvalue weighted by atomic mass is 35.5. The number of halogens is 1. The monoisotopic (exact) mass is 333 g/mol. The van der Waals surface area contributed by atoms with Crippen molar-refractivity contribution in [3.63, 3.8) is 0 Å². The van der Waals surface area contributed by atoms with Gasteiger partial charge in [0.25, 0.3) is 5.91 Å². The van der Waals surface area contributed by atoms with Gasteiger partial charge >= 0.3 is 0 Å². The molecule has 0 spiro atoms. The van der Waals surface area contributed by atoms with Crippen LogP contribution in [-0.2, 0) is 17.8 Å². The Morgan fingerprint density at radius 2 is 2.13 bits per heavy atom. The Morgan fingerprint density at radius 1 is 1.30 bits per heavy atom. The summed E-state index contributed by atoms with van der Waals surface area (Å²) >= 11 is 6.11. The van der Waals surface area contributed by atoms with Gasteiger partial charge in [0.15, 0.2) is 5.69 Å². The second-order valence-electron chi connectivity index (χ2n) is 5.29. The molecule has 2 aromatic rings. The first-order chi connectivity index (χ1) is 11.0. The first-order valence-electron chi connectivity index (χ1n) is 7.20. The number of hydrogen-bond acceptors (Lipinski definition) is 4. The van der Waals surface area contributed by atoms with Gasteiger partial charge in [0, 0.05) is 43.4 Å². The lowest BCUT2D eigenvalue weighted by atomic mass is 10.1. The van der Waals surface area contributed by atoms with E-state index in [0.29, 0.717) is 28.6 Å². The number of aromatic amines is 1. The highest BCUT2D eigenvalue weighted by Gasteiger charge is 2.22. The summed E-state index contributed by atoms with van der Waals surface area (Å²) in [4.78, 5) is 23.6. The molecular weight excluding hydrogens is 318 g/mol. The molecule has 1 aromatic heterocycles. The van der Waals surface area contributed by atoms with E-state index in [1.807, 2.05) is 0 Å². The zero-order valence-corrected chi connectivity index (χ0v) is 13.3. The maximum atomic E-state index is 12.5. The van der Waals surface area contributed by atoms with Gasteiger partial charge in [-0.15, -0.1) is 0 Å². The predicted molar refractivity (Wildman–Crippen MR) is 87.7 cm³/mol. The van der Waals surface area contributed by atoms with Gasteiger partial charge in [0.1, 0.15) is 0 Å². The van der Waals surface area contributed by atoms with Crippen LogP contribution in [0.4, 0.5) is 11.4 Å². The minimum absolute atomic E-state index is 0.197. The smallest absolute Gasteiger partial charge is 0.276 e. The van der Waals surface area contributed by atoms with Gasteiger partial charge in [0.05, 0.1) is 10.7 Å². The van der Waals surface area contributed by atoms with Crippen molar-refractivity contribution < 1.29 is 9.59 Å². The molecule has 3 rings (SSSR count). The number of carbonyl (C=O) groups excluding carboxylic acids is 2. The second-order valence-corrected chi connectivity index (χ2v) is 5.69. The van der Waals surface area contributed by atoms with Crippen LogP contribution in [0.3, 0.4) is 0 Å². The molecule has 4 N–H and O–H groups in total. The molecule has 0 atom stereocenters. The maximum Gasteiger partial charge on any atom is 0.276 e. The van der Waals surface area contributed by atoms with Crippen molar-refractivity contribution in [1.82, 2.24) is 15.5 Å². The van der Waals surface area contributed by atoms with Crippen LogP contribution in [0.1, 0.15) is 28.7 Å². The minimum atomic E-state index is -0.340. The van der Waals surface area contributed by atoms with E-state index in [-0.39, 0.29) is 11.8 Å². The van der Waals surface area contributed by atoms with E-state index in [1.54, 1.807) is 18.2 Å². The molecular formula is C15H16ClN5O2. The van der Waals surface area contributed by atoms with Crippen molar-refractivity contribution in [3.05, 3.63) is 40.2 Å². The number of aromatic nitrogens is 2. The van der Waals surface area contributed by atoms with Gasteiger partial charge in [-0.2, -0.15) is 5.10 Å². The van der Waals surface area contributed by atoms with Crippen LogP contribution in [0.5, 0.6) is 0 Å². The number of anilines is 2. The molecule has 2 amide bonds. The fraction of sp³-hybridized carbons (Fsp3) is 0.267. The van der Waals surface area contributed by atoms with Crippen molar-refractivity contribution >= 4 is 34.8 Å². The van der Waals surface area contributed by atoms with E-state index < -0.39 is 0 Å². The third-order valence-electron chi connectivity index (χ3n) is 3.56. The molecule has 23 heavy (non-hydrogen) atoms. The van der Waals surface area contributed by atoms with E-state index in [4.69, 9.17) is 11.6 Å². The molecule has 1 aliphatic rings. The molecule has 0 radical (unpaired) electrons. The molecule has 7 nitrogen and oxygen atoms in total. The van der Waals surface area contributed by atoms with Gasteiger partial charge in [-0.3, -0.25) is 14.7 Å². The van der Waals surface area contributed by atoms with Crippen LogP contribution < -0.4 is 16.0 Å². The largest absolute Gasteiger partial charge is 0.326 e. The number of benzene rings is 1. The van der Waals surface area contributed by atoms with E-state index in [0.717, 1.165) is 24.2 Å². The first-order valence-corrected chi connectivity index (χ1v) is 7.57. The minimum Gasteiger partial charge on any atom is -0.326 e. The molecule has 1 aromatic carbocycles. The van der Waals surface area contributed by atoms with E-state index in [2.05, 4.69) is 26.1 Å². The fourth-order valence-electron chi connectivity index (χ4n) is 2.50. The SMILES string of the molecule is CC(=O)Nc1ccc(Cl)c(NC(=O)c2n[nH]c3c2CNCC3)c1. The zero-order chi connectivity index (χ0) is 16.4. The van der Waals surface area contributed by atoms with Gasteiger partial charge in [-0.05, 0) is 18.2 Å². The third-order valence-corrected chi connectivity index (χ3v) is 3.89. The van der Waals surface area contributed by atoms with Crippen LogP contribution in [-0.4, -0.2) is 28.6 Å². The summed E-state index contributed by atoms with van der Waals surface area (Å²) in [7, 11) is 0.